The van der Waals surface area contributed by atoms with Crippen LogP contribution in [-0.2, 0) is 10.0 Å². The van der Waals surface area contributed by atoms with Crippen LogP contribution in [0, 0.1) is 5.41 Å². The van der Waals surface area contributed by atoms with Crippen LogP contribution in [0.3, 0.4) is 0 Å². The second kappa shape index (κ2) is 6.06. The standard InChI is InChI=1S/C10H22ClNO2S/c1-10(2,3)9-12(4)15(13,14)8-6-5-7-11/h5-9H2,1-4H3. The molecule has 0 aromatic carbocycles. The summed E-state index contributed by atoms with van der Waals surface area (Å²) < 4.78 is 25.0. The molecule has 0 spiro atoms. The van der Waals surface area contributed by atoms with Gasteiger partial charge in [-0.15, -0.1) is 11.6 Å². The van der Waals surface area contributed by atoms with Gasteiger partial charge in [0.25, 0.3) is 0 Å². The van der Waals surface area contributed by atoms with Crippen molar-refractivity contribution in [2.45, 2.75) is 33.6 Å². The van der Waals surface area contributed by atoms with Gasteiger partial charge in [0.05, 0.1) is 5.75 Å². The Morgan fingerprint density at radius 3 is 2.13 bits per heavy atom. The van der Waals surface area contributed by atoms with E-state index in [1.165, 1.54) is 4.31 Å². The number of hydrogen-bond donors (Lipinski definition) is 0. The zero-order valence-electron chi connectivity index (χ0n) is 10.1. The Hall–Kier alpha value is 0.200. The van der Waals surface area contributed by atoms with Gasteiger partial charge in [-0.2, -0.15) is 0 Å². The first kappa shape index (κ1) is 15.2. The molecule has 5 heteroatoms. The van der Waals surface area contributed by atoms with Crippen LogP contribution in [0.1, 0.15) is 33.6 Å². The summed E-state index contributed by atoms with van der Waals surface area (Å²) in [5, 5.41) is 0. The molecule has 0 amide bonds. The molecule has 0 saturated heterocycles. The van der Waals surface area contributed by atoms with Crippen molar-refractivity contribution in [2.75, 3.05) is 25.2 Å². The number of halogens is 1. The van der Waals surface area contributed by atoms with Crippen LogP contribution in [-0.4, -0.2) is 37.9 Å². The topological polar surface area (TPSA) is 37.4 Å². The minimum absolute atomic E-state index is 0.00565. The third kappa shape index (κ3) is 7.14. The Bertz CT molecular complexity index is 270. The fourth-order valence-electron chi connectivity index (χ4n) is 1.30. The van der Waals surface area contributed by atoms with Gasteiger partial charge >= 0.3 is 0 Å². The lowest BCUT2D eigenvalue weighted by Crippen LogP contribution is -2.36. The largest absolute Gasteiger partial charge is 0.213 e. The molecule has 0 unspecified atom stereocenters. The highest BCUT2D eigenvalue weighted by Crippen LogP contribution is 2.16. The first-order valence-corrected chi connectivity index (χ1v) is 7.33. The molecule has 0 rings (SSSR count). The monoisotopic (exact) mass is 255 g/mol. The van der Waals surface area contributed by atoms with Crippen LogP contribution in [0.5, 0.6) is 0 Å². The maximum atomic E-state index is 11.8. The maximum absolute atomic E-state index is 11.8. The Morgan fingerprint density at radius 1 is 1.20 bits per heavy atom. The summed E-state index contributed by atoms with van der Waals surface area (Å²) in [6, 6.07) is 0. The summed E-state index contributed by atoms with van der Waals surface area (Å²) in [5.74, 6) is 0.727. The van der Waals surface area contributed by atoms with Crippen LogP contribution >= 0.6 is 11.6 Å². The molecule has 15 heavy (non-hydrogen) atoms. The molecule has 0 aromatic heterocycles. The summed E-state index contributed by atoms with van der Waals surface area (Å²) in [5.41, 5.74) is -0.00565. The average molecular weight is 256 g/mol. The highest BCUT2D eigenvalue weighted by Gasteiger charge is 2.22. The smallest absolute Gasteiger partial charge is 0.212 e. The van der Waals surface area contributed by atoms with Crippen LogP contribution in [0.25, 0.3) is 0 Å². The third-order valence-electron chi connectivity index (χ3n) is 1.96. The fraction of sp³-hybridized carbons (Fsp3) is 1.00. The van der Waals surface area contributed by atoms with E-state index in [1.54, 1.807) is 7.05 Å². The van der Waals surface area contributed by atoms with Gasteiger partial charge in [0.1, 0.15) is 0 Å². The van der Waals surface area contributed by atoms with Crippen molar-refractivity contribution in [1.29, 1.82) is 0 Å². The number of alkyl halides is 1. The Balaban J connectivity index is 4.21. The molecule has 0 saturated carbocycles. The van der Waals surface area contributed by atoms with Crippen LogP contribution < -0.4 is 0 Å². The molecule has 3 nitrogen and oxygen atoms in total. The summed E-state index contributed by atoms with van der Waals surface area (Å²) in [4.78, 5) is 0. The Morgan fingerprint density at radius 2 is 1.73 bits per heavy atom. The van der Waals surface area contributed by atoms with E-state index in [0.717, 1.165) is 6.42 Å². The quantitative estimate of drug-likeness (QED) is 0.540. The zero-order valence-corrected chi connectivity index (χ0v) is 11.7. The summed E-state index contributed by atoms with van der Waals surface area (Å²) in [7, 11) is -1.45. The van der Waals surface area contributed by atoms with Crippen molar-refractivity contribution in [1.82, 2.24) is 4.31 Å². The number of nitrogens with zero attached hydrogens (tertiary/aromatic N) is 1. The molecule has 0 atom stereocenters. The third-order valence-corrected chi connectivity index (χ3v) is 4.11. The van der Waals surface area contributed by atoms with Gasteiger partial charge in [0.2, 0.25) is 10.0 Å². The first-order valence-electron chi connectivity index (χ1n) is 5.19. The van der Waals surface area contributed by atoms with E-state index in [-0.39, 0.29) is 11.2 Å². The summed E-state index contributed by atoms with van der Waals surface area (Å²) >= 11 is 5.51. The number of sulfonamides is 1. The van der Waals surface area contributed by atoms with E-state index in [9.17, 15) is 8.42 Å². The van der Waals surface area contributed by atoms with E-state index in [4.69, 9.17) is 11.6 Å². The zero-order chi connectivity index (χ0) is 12.1. The summed E-state index contributed by atoms with van der Waals surface area (Å²) in [6.45, 7) is 6.63. The van der Waals surface area contributed by atoms with E-state index in [1.807, 2.05) is 20.8 Å². The van der Waals surface area contributed by atoms with Gasteiger partial charge in [0.15, 0.2) is 0 Å². The number of unbranched alkanes of at least 4 members (excludes halogenated alkanes) is 1. The molecule has 0 bridgehead atoms. The number of rotatable bonds is 6. The fourth-order valence-corrected chi connectivity index (χ4v) is 2.95. The van der Waals surface area contributed by atoms with Crippen molar-refractivity contribution in [3.63, 3.8) is 0 Å². The maximum Gasteiger partial charge on any atom is 0.213 e. The highest BCUT2D eigenvalue weighted by molar-refractivity contribution is 7.89. The lowest BCUT2D eigenvalue weighted by Gasteiger charge is -2.26. The lowest BCUT2D eigenvalue weighted by atomic mass is 9.97. The highest BCUT2D eigenvalue weighted by atomic mass is 35.5. The van der Waals surface area contributed by atoms with Crippen LogP contribution in [0.15, 0.2) is 0 Å². The van der Waals surface area contributed by atoms with E-state index in [0.29, 0.717) is 18.8 Å². The van der Waals surface area contributed by atoms with Gasteiger partial charge in [-0.3, -0.25) is 0 Å². The predicted molar refractivity (Wildman–Crippen MR) is 65.8 cm³/mol. The average Bonchev–Trinajstić information content (AvgIpc) is 2.01. The van der Waals surface area contributed by atoms with Crippen molar-refractivity contribution in [2.24, 2.45) is 5.41 Å². The minimum Gasteiger partial charge on any atom is -0.212 e. The SMILES string of the molecule is CN(CC(C)(C)C)S(=O)(=O)CCCCCl. The molecule has 0 radical (unpaired) electrons. The lowest BCUT2D eigenvalue weighted by molar-refractivity contribution is 0.310. The number of hydrogen-bond acceptors (Lipinski definition) is 2. The van der Waals surface area contributed by atoms with Gasteiger partial charge in [-0.05, 0) is 18.3 Å². The molecule has 0 heterocycles. The molecule has 92 valence electrons. The van der Waals surface area contributed by atoms with Gasteiger partial charge in [0, 0.05) is 19.5 Å². The molecular weight excluding hydrogens is 234 g/mol. The van der Waals surface area contributed by atoms with Crippen molar-refractivity contribution >= 4 is 21.6 Å². The predicted octanol–water partition coefficient (Wildman–Crippen LogP) is 2.31. The first-order chi connectivity index (χ1) is 6.69. The second-order valence-corrected chi connectivity index (χ2v) is 7.60. The molecule has 0 aromatic rings. The van der Waals surface area contributed by atoms with E-state index >= 15 is 0 Å². The van der Waals surface area contributed by atoms with Crippen molar-refractivity contribution in [3.05, 3.63) is 0 Å². The van der Waals surface area contributed by atoms with E-state index in [2.05, 4.69) is 0 Å². The van der Waals surface area contributed by atoms with Crippen molar-refractivity contribution in [3.8, 4) is 0 Å². The molecule has 0 aliphatic rings. The van der Waals surface area contributed by atoms with Crippen molar-refractivity contribution < 1.29 is 8.42 Å². The van der Waals surface area contributed by atoms with Gasteiger partial charge in [-0.1, -0.05) is 20.8 Å². The Kier molecular flexibility index (Phi) is 6.14. The second-order valence-electron chi connectivity index (χ2n) is 5.03. The van der Waals surface area contributed by atoms with Gasteiger partial charge in [-0.25, -0.2) is 12.7 Å². The Labute approximate surface area is 98.8 Å². The normalized spacial score (nSPS) is 13.5. The summed E-state index contributed by atoms with van der Waals surface area (Å²) in [6.07, 6.45) is 1.39. The minimum atomic E-state index is -3.09. The molecule has 0 fully saturated rings. The molecule has 0 aliphatic heterocycles. The molecular formula is C10H22ClNO2S. The van der Waals surface area contributed by atoms with Crippen LogP contribution in [0.4, 0.5) is 0 Å². The molecule has 0 aliphatic carbocycles. The van der Waals surface area contributed by atoms with E-state index < -0.39 is 10.0 Å². The van der Waals surface area contributed by atoms with Gasteiger partial charge < -0.3 is 0 Å². The van der Waals surface area contributed by atoms with Crippen LogP contribution in [0.2, 0.25) is 0 Å². The molecule has 0 N–H and O–H groups in total.